The Labute approximate surface area is 112 Å². The standard InChI is InChI=1S/C13H19N3O3/c1-14-12-9-8-11(16(17)18)13(15-12)19-10-6-4-2-3-5-7-10/h8-10H,2-7H2,1H3,(H,14,15). The van der Waals surface area contributed by atoms with Crippen LogP contribution in [0.2, 0.25) is 0 Å². The van der Waals surface area contributed by atoms with Crippen molar-refractivity contribution in [3.8, 4) is 5.88 Å². The predicted molar refractivity (Wildman–Crippen MR) is 72.6 cm³/mol. The lowest BCUT2D eigenvalue weighted by Crippen LogP contribution is -2.17. The molecule has 1 saturated carbocycles. The highest BCUT2D eigenvalue weighted by atomic mass is 16.6. The number of nitro groups is 1. The summed E-state index contributed by atoms with van der Waals surface area (Å²) in [6.45, 7) is 0. The molecule has 1 N–H and O–H groups in total. The molecule has 0 aliphatic heterocycles. The van der Waals surface area contributed by atoms with Crippen LogP contribution < -0.4 is 10.1 Å². The van der Waals surface area contributed by atoms with E-state index in [0.29, 0.717) is 5.82 Å². The van der Waals surface area contributed by atoms with Crippen LogP contribution in [0.4, 0.5) is 11.5 Å². The van der Waals surface area contributed by atoms with Gasteiger partial charge in [-0.15, -0.1) is 0 Å². The fourth-order valence-corrected chi connectivity index (χ4v) is 2.32. The lowest BCUT2D eigenvalue weighted by atomic mass is 10.1. The van der Waals surface area contributed by atoms with Crippen LogP contribution >= 0.6 is 0 Å². The number of nitrogens with one attached hydrogen (secondary N) is 1. The van der Waals surface area contributed by atoms with Gasteiger partial charge in [-0.2, -0.15) is 4.98 Å². The van der Waals surface area contributed by atoms with E-state index in [9.17, 15) is 10.1 Å². The van der Waals surface area contributed by atoms with Gasteiger partial charge in [0.25, 0.3) is 5.88 Å². The summed E-state index contributed by atoms with van der Waals surface area (Å²) >= 11 is 0. The molecule has 0 unspecified atom stereocenters. The number of hydrogen-bond acceptors (Lipinski definition) is 5. The van der Waals surface area contributed by atoms with Gasteiger partial charge < -0.3 is 10.1 Å². The third-order valence-electron chi connectivity index (χ3n) is 3.37. The van der Waals surface area contributed by atoms with Crippen LogP contribution in [0.5, 0.6) is 5.88 Å². The summed E-state index contributed by atoms with van der Waals surface area (Å²) in [7, 11) is 1.73. The van der Waals surface area contributed by atoms with Gasteiger partial charge in [0, 0.05) is 13.1 Å². The van der Waals surface area contributed by atoms with E-state index in [4.69, 9.17) is 4.74 Å². The minimum Gasteiger partial charge on any atom is -0.469 e. The molecule has 0 bridgehead atoms. The summed E-state index contributed by atoms with van der Waals surface area (Å²) in [5, 5.41) is 13.9. The van der Waals surface area contributed by atoms with Crippen molar-refractivity contribution in [1.29, 1.82) is 0 Å². The first-order valence-corrected chi connectivity index (χ1v) is 6.70. The largest absolute Gasteiger partial charge is 0.469 e. The third kappa shape index (κ3) is 3.56. The molecular weight excluding hydrogens is 246 g/mol. The van der Waals surface area contributed by atoms with E-state index in [-0.39, 0.29) is 17.7 Å². The monoisotopic (exact) mass is 265 g/mol. The lowest BCUT2D eigenvalue weighted by Gasteiger charge is -2.16. The molecule has 1 fully saturated rings. The maximum Gasteiger partial charge on any atom is 0.331 e. The minimum absolute atomic E-state index is 0.0424. The molecule has 19 heavy (non-hydrogen) atoms. The lowest BCUT2D eigenvalue weighted by molar-refractivity contribution is -0.386. The maximum atomic E-state index is 11.0. The molecule has 6 nitrogen and oxygen atoms in total. The van der Waals surface area contributed by atoms with E-state index in [1.54, 1.807) is 13.1 Å². The van der Waals surface area contributed by atoms with Crippen molar-refractivity contribution in [1.82, 2.24) is 4.98 Å². The van der Waals surface area contributed by atoms with Crippen molar-refractivity contribution in [3.63, 3.8) is 0 Å². The van der Waals surface area contributed by atoms with Crippen molar-refractivity contribution < 1.29 is 9.66 Å². The van der Waals surface area contributed by atoms with Gasteiger partial charge in [0.1, 0.15) is 11.9 Å². The van der Waals surface area contributed by atoms with Gasteiger partial charge in [0.2, 0.25) is 0 Å². The Kier molecular flexibility index (Phi) is 4.54. The fraction of sp³-hybridized carbons (Fsp3) is 0.615. The molecule has 1 aromatic heterocycles. The quantitative estimate of drug-likeness (QED) is 0.514. The second-order valence-corrected chi connectivity index (χ2v) is 4.76. The fourth-order valence-electron chi connectivity index (χ4n) is 2.32. The third-order valence-corrected chi connectivity index (χ3v) is 3.37. The molecule has 1 aliphatic carbocycles. The molecule has 0 radical (unpaired) electrons. The van der Waals surface area contributed by atoms with Crippen molar-refractivity contribution in [2.24, 2.45) is 0 Å². The Bertz CT molecular complexity index is 443. The zero-order chi connectivity index (χ0) is 13.7. The Morgan fingerprint density at radius 2 is 2.00 bits per heavy atom. The molecule has 1 heterocycles. The second-order valence-electron chi connectivity index (χ2n) is 4.76. The summed E-state index contributed by atoms with van der Waals surface area (Å²) in [5.74, 6) is 0.706. The van der Waals surface area contributed by atoms with Crippen molar-refractivity contribution >= 4 is 11.5 Å². The van der Waals surface area contributed by atoms with Crippen LogP contribution in [0.15, 0.2) is 12.1 Å². The summed E-state index contributed by atoms with van der Waals surface area (Å²) in [4.78, 5) is 14.7. The maximum absolute atomic E-state index is 11.0. The molecule has 1 aromatic rings. The molecule has 6 heteroatoms. The minimum atomic E-state index is -0.446. The summed E-state index contributed by atoms with van der Waals surface area (Å²) in [6, 6.07) is 3.02. The van der Waals surface area contributed by atoms with E-state index >= 15 is 0 Å². The zero-order valence-corrected chi connectivity index (χ0v) is 11.1. The number of pyridine rings is 1. The topological polar surface area (TPSA) is 77.3 Å². The van der Waals surface area contributed by atoms with Crippen LogP contribution in [0, 0.1) is 10.1 Å². The first kappa shape index (κ1) is 13.6. The number of ether oxygens (including phenoxy) is 1. The van der Waals surface area contributed by atoms with E-state index < -0.39 is 4.92 Å². The normalized spacial score (nSPS) is 16.7. The van der Waals surface area contributed by atoms with E-state index in [2.05, 4.69) is 10.3 Å². The van der Waals surface area contributed by atoms with Gasteiger partial charge in [0.05, 0.1) is 4.92 Å². The van der Waals surface area contributed by atoms with Gasteiger partial charge in [-0.3, -0.25) is 10.1 Å². The van der Waals surface area contributed by atoms with Crippen LogP contribution in [0.25, 0.3) is 0 Å². The molecular formula is C13H19N3O3. The van der Waals surface area contributed by atoms with Crippen LogP contribution in [-0.4, -0.2) is 23.1 Å². The summed E-state index contributed by atoms with van der Waals surface area (Å²) in [6.07, 6.45) is 6.60. The van der Waals surface area contributed by atoms with Gasteiger partial charge in [-0.1, -0.05) is 12.8 Å². The Hall–Kier alpha value is -1.85. The summed E-state index contributed by atoms with van der Waals surface area (Å²) in [5.41, 5.74) is -0.0664. The van der Waals surface area contributed by atoms with Crippen molar-refractivity contribution in [2.75, 3.05) is 12.4 Å². The van der Waals surface area contributed by atoms with Gasteiger partial charge >= 0.3 is 5.69 Å². The number of aromatic nitrogens is 1. The van der Waals surface area contributed by atoms with E-state index in [1.807, 2.05) is 0 Å². The highest BCUT2D eigenvalue weighted by molar-refractivity contribution is 5.48. The SMILES string of the molecule is CNc1ccc([N+](=O)[O-])c(OC2CCCCCC2)n1. The molecule has 104 valence electrons. The smallest absolute Gasteiger partial charge is 0.331 e. The summed E-state index contributed by atoms with van der Waals surface area (Å²) < 4.78 is 5.78. The average Bonchev–Trinajstić information content (AvgIpc) is 2.67. The number of hydrogen-bond donors (Lipinski definition) is 1. The number of nitrogens with zero attached hydrogens (tertiary/aromatic N) is 2. The second kappa shape index (κ2) is 6.36. The Morgan fingerprint density at radius 3 is 2.58 bits per heavy atom. The van der Waals surface area contributed by atoms with Crippen LogP contribution in [0.3, 0.4) is 0 Å². The molecule has 0 saturated heterocycles. The molecule has 0 aromatic carbocycles. The van der Waals surface area contributed by atoms with Gasteiger partial charge in [-0.25, -0.2) is 0 Å². The Morgan fingerprint density at radius 1 is 1.32 bits per heavy atom. The van der Waals surface area contributed by atoms with Gasteiger partial charge in [0.15, 0.2) is 0 Å². The van der Waals surface area contributed by atoms with Crippen molar-refractivity contribution in [3.05, 3.63) is 22.2 Å². The van der Waals surface area contributed by atoms with Crippen molar-refractivity contribution in [2.45, 2.75) is 44.6 Å². The molecule has 2 rings (SSSR count). The van der Waals surface area contributed by atoms with Crippen LogP contribution in [-0.2, 0) is 0 Å². The average molecular weight is 265 g/mol. The number of anilines is 1. The van der Waals surface area contributed by atoms with E-state index in [1.165, 1.54) is 18.9 Å². The highest BCUT2D eigenvalue weighted by Crippen LogP contribution is 2.29. The molecule has 0 amide bonds. The molecule has 0 atom stereocenters. The zero-order valence-electron chi connectivity index (χ0n) is 11.1. The Balaban J connectivity index is 2.18. The van der Waals surface area contributed by atoms with E-state index in [0.717, 1.165) is 25.7 Å². The predicted octanol–water partition coefficient (Wildman–Crippen LogP) is 3.13. The first-order valence-electron chi connectivity index (χ1n) is 6.70. The number of rotatable bonds is 4. The first-order chi connectivity index (χ1) is 9.20. The van der Waals surface area contributed by atoms with Gasteiger partial charge in [-0.05, 0) is 31.7 Å². The highest BCUT2D eigenvalue weighted by Gasteiger charge is 2.22. The molecule has 1 aliphatic rings. The van der Waals surface area contributed by atoms with Crippen LogP contribution in [0.1, 0.15) is 38.5 Å². The molecule has 0 spiro atoms.